The lowest BCUT2D eigenvalue weighted by Gasteiger charge is -2.32. The van der Waals surface area contributed by atoms with Crippen LogP contribution in [-0.2, 0) is 19.2 Å². The standard InChI is InChI=1S/C13H16N2O3.C13H18N2O.C13H17NO.C10H11NO.C10H9NO/c1-3-6-14-12-5-4-10(15(17)18)8-11(12)9(2)7-13(14)16;1-3-6-15-12-5-4-10(14)8-11(12)9(2)7-13(15)16;1-3-8-14-12-7-5-4-6-11(12)10(2)9-13(14)15;2*1-7-6-10(12)11-9-5-3-2-4-8(7)9/h4-5,8-9H,3,6-7H2,1-2H3;4-5,8-9H,3,6-7,14H2,1-2H3;4-7,10H,3,8-9H2,1-2H3;2-5,7H,6H2,1H3,(H,11,12);2-6H,1H3,(H,11,12). The monoisotopic (exact) mass is 990 g/mol. The highest BCUT2D eigenvalue weighted by molar-refractivity contribution is 5.99. The van der Waals surface area contributed by atoms with Gasteiger partial charge >= 0.3 is 0 Å². The number of nitrogen functional groups attached to an aromatic ring is 1. The van der Waals surface area contributed by atoms with E-state index in [1.54, 1.807) is 23.1 Å². The summed E-state index contributed by atoms with van der Waals surface area (Å²) in [6.45, 7) is 18.7. The molecule has 5 heterocycles. The maximum Gasteiger partial charge on any atom is 0.269 e. The average molecular weight is 990 g/mol. The normalized spacial score (nSPS) is 18.3. The largest absolute Gasteiger partial charge is 0.399 e. The summed E-state index contributed by atoms with van der Waals surface area (Å²) >= 11 is 0. The van der Waals surface area contributed by atoms with Crippen molar-refractivity contribution >= 4 is 68.7 Å². The van der Waals surface area contributed by atoms with Crippen LogP contribution < -0.4 is 31.3 Å². The van der Waals surface area contributed by atoms with Crippen molar-refractivity contribution in [1.82, 2.24) is 4.98 Å². The lowest BCUT2D eigenvalue weighted by atomic mass is 9.90. The molecule has 4 N–H and O–H groups in total. The summed E-state index contributed by atoms with van der Waals surface area (Å²) in [4.78, 5) is 76.7. The number of amides is 4. The van der Waals surface area contributed by atoms with Gasteiger partial charge in [0.1, 0.15) is 0 Å². The number of pyridine rings is 1. The van der Waals surface area contributed by atoms with Gasteiger partial charge in [0.15, 0.2) is 0 Å². The molecule has 0 spiro atoms. The summed E-state index contributed by atoms with van der Waals surface area (Å²) in [5.74, 6) is 1.76. The summed E-state index contributed by atoms with van der Waals surface area (Å²) in [6.07, 6.45) is 5.13. The first-order chi connectivity index (χ1) is 34.9. The van der Waals surface area contributed by atoms with Gasteiger partial charge in [-0.3, -0.25) is 34.1 Å². The fraction of sp³-hybridized carbons (Fsp3) is 0.373. The van der Waals surface area contributed by atoms with Gasteiger partial charge in [-0.05, 0) is 120 Å². The van der Waals surface area contributed by atoms with E-state index in [0.717, 1.165) is 82.8 Å². The van der Waals surface area contributed by atoms with Gasteiger partial charge in [0.2, 0.25) is 29.2 Å². The van der Waals surface area contributed by atoms with Crippen LogP contribution in [0, 0.1) is 17.0 Å². The zero-order valence-electron chi connectivity index (χ0n) is 43.6. The van der Waals surface area contributed by atoms with Gasteiger partial charge in [0.25, 0.3) is 5.69 Å². The second kappa shape index (κ2) is 25.2. The molecule has 4 aliphatic heterocycles. The Morgan fingerprint density at radius 3 is 1.60 bits per heavy atom. The number of nitrogens with two attached hydrogens (primary N) is 1. The molecule has 4 aliphatic rings. The molecule has 0 bridgehead atoms. The number of aryl methyl sites for hydroxylation is 1. The molecule has 0 radical (unpaired) electrons. The Morgan fingerprint density at radius 2 is 1.03 bits per heavy atom. The molecular weight excluding hydrogens is 919 g/mol. The van der Waals surface area contributed by atoms with Gasteiger partial charge in [0, 0.05) is 103 Å². The van der Waals surface area contributed by atoms with Gasteiger partial charge in [-0.15, -0.1) is 0 Å². The molecule has 10 rings (SSSR count). The van der Waals surface area contributed by atoms with E-state index in [1.807, 2.05) is 97.3 Å². The van der Waals surface area contributed by atoms with Crippen molar-refractivity contribution in [2.24, 2.45) is 0 Å². The molecule has 4 atom stereocenters. The highest BCUT2D eigenvalue weighted by atomic mass is 16.6. The fourth-order valence-electron chi connectivity index (χ4n) is 9.92. The number of nitrogens with zero attached hydrogens (tertiary/aromatic N) is 4. The number of hydrogen-bond acceptors (Lipinski definition) is 8. The molecule has 0 saturated carbocycles. The number of para-hydroxylation sites is 3. The van der Waals surface area contributed by atoms with Crippen molar-refractivity contribution < 1.29 is 24.1 Å². The number of aromatic amines is 1. The number of nitro benzene ring substituents is 1. The lowest BCUT2D eigenvalue weighted by molar-refractivity contribution is -0.384. The number of hydrogen-bond donors (Lipinski definition) is 3. The van der Waals surface area contributed by atoms with Gasteiger partial charge < -0.3 is 30.7 Å². The van der Waals surface area contributed by atoms with Gasteiger partial charge in [-0.2, -0.15) is 0 Å². The van der Waals surface area contributed by atoms with Crippen molar-refractivity contribution in [3.05, 3.63) is 164 Å². The van der Waals surface area contributed by atoms with Crippen LogP contribution in [0.4, 0.5) is 34.1 Å². The molecule has 4 amide bonds. The van der Waals surface area contributed by atoms with Crippen molar-refractivity contribution in [3.8, 4) is 0 Å². The third-order valence-corrected chi connectivity index (χ3v) is 13.6. The second-order valence-corrected chi connectivity index (χ2v) is 19.4. The number of H-pyrrole nitrogens is 1. The molecule has 384 valence electrons. The highest BCUT2D eigenvalue weighted by Crippen LogP contribution is 2.39. The van der Waals surface area contributed by atoms with Crippen LogP contribution in [0.15, 0.2) is 120 Å². The highest BCUT2D eigenvalue weighted by Gasteiger charge is 2.31. The van der Waals surface area contributed by atoms with Crippen LogP contribution in [0.2, 0.25) is 0 Å². The van der Waals surface area contributed by atoms with Crippen molar-refractivity contribution in [2.45, 2.75) is 124 Å². The van der Waals surface area contributed by atoms with E-state index >= 15 is 0 Å². The molecule has 0 fully saturated rings. The predicted molar refractivity (Wildman–Crippen MR) is 295 cm³/mol. The Morgan fingerprint density at radius 1 is 0.562 bits per heavy atom. The fourth-order valence-corrected chi connectivity index (χ4v) is 9.92. The Balaban J connectivity index is 0.000000150. The third-order valence-electron chi connectivity index (χ3n) is 13.6. The first kappa shape index (κ1) is 54.7. The van der Waals surface area contributed by atoms with Crippen molar-refractivity contribution in [1.29, 1.82) is 0 Å². The predicted octanol–water partition coefficient (Wildman–Crippen LogP) is 12.3. The zero-order valence-corrected chi connectivity index (χ0v) is 43.6. The van der Waals surface area contributed by atoms with Crippen LogP contribution in [0.25, 0.3) is 10.9 Å². The molecular formula is C59H71N7O7. The summed E-state index contributed by atoms with van der Waals surface area (Å²) in [5.41, 5.74) is 17.2. The number of benzene rings is 5. The van der Waals surface area contributed by atoms with E-state index < -0.39 is 4.92 Å². The van der Waals surface area contributed by atoms with Crippen LogP contribution >= 0.6 is 0 Å². The summed E-state index contributed by atoms with van der Waals surface area (Å²) in [7, 11) is 0. The number of carbonyl (C=O) groups is 4. The summed E-state index contributed by atoms with van der Waals surface area (Å²) < 4.78 is 0. The Bertz CT molecular complexity index is 3000. The summed E-state index contributed by atoms with van der Waals surface area (Å²) in [5, 5.41) is 14.7. The van der Waals surface area contributed by atoms with Crippen molar-refractivity contribution in [3.63, 3.8) is 0 Å². The number of nitrogens with one attached hydrogen (secondary N) is 2. The maximum absolute atomic E-state index is 12.0. The molecule has 0 saturated heterocycles. The van der Waals surface area contributed by atoms with Crippen LogP contribution in [0.5, 0.6) is 0 Å². The van der Waals surface area contributed by atoms with Gasteiger partial charge in [-0.1, -0.05) is 103 Å². The molecule has 73 heavy (non-hydrogen) atoms. The van der Waals surface area contributed by atoms with E-state index in [1.165, 1.54) is 22.8 Å². The van der Waals surface area contributed by atoms with E-state index in [0.29, 0.717) is 44.1 Å². The molecule has 1 aromatic heterocycles. The van der Waals surface area contributed by atoms with Crippen LogP contribution in [0.1, 0.15) is 145 Å². The SMILES string of the molecule is CC1CC(=O)Nc2ccccc21.CCCN1C(=O)CC(C)c2cc(N)ccc21.CCCN1C(=O)CC(C)c2cc([N+](=O)[O-])ccc21.CCCN1C(=O)CC(C)c2ccccc21.Cc1cc(=O)[nH]c2ccccc12. The van der Waals surface area contributed by atoms with E-state index in [2.05, 4.69) is 69.2 Å². The Labute approximate surface area is 429 Å². The minimum absolute atomic E-state index is 0.0359. The number of aromatic nitrogens is 1. The minimum Gasteiger partial charge on any atom is -0.399 e. The smallest absolute Gasteiger partial charge is 0.269 e. The molecule has 0 aliphatic carbocycles. The second-order valence-electron chi connectivity index (χ2n) is 19.4. The molecule has 14 nitrogen and oxygen atoms in total. The number of anilines is 5. The van der Waals surface area contributed by atoms with Crippen LogP contribution in [0.3, 0.4) is 0 Å². The lowest BCUT2D eigenvalue weighted by Crippen LogP contribution is -2.36. The molecule has 14 heteroatoms. The van der Waals surface area contributed by atoms with E-state index in [9.17, 15) is 34.1 Å². The first-order valence-electron chi connectivity index (χ1n) is 25.6. The number of fused-ring (bicyclic) bond motifs is 5. The molecule has 6 aromatic rings. The number of nitro groups is 1. The topological polar surface area (TPSA) is 192 Å². The van der Waals surface area contributed by atoms with Crippen LogP contribution in [-0.4, -0.2) is 53.2 Å². The average Bonchev–Trinajstić information content (AvgIpc) is 3.36. The van der Waals surface area contributed by atoms with Crippen molar-refractivity contribution in [2.75, 3.05) is 45.4 Å². The van der Waals surface area contributed by atoms with E-state index in [-0.39, 0.29) is 46.7 Å². The Hall–Kier alpha value is -7.61. The van der Waals surface area contributed by atoms with Gasteiger partial charge in [-0.25, -0.2) is 0 Å². The minimum atomic E-state index is -0.395. The zero-order chi connectivity index (χ0) is 52.9. The number of non-ortho nitro benzene ring substituents is 1. The molecule has 5 aromatic carbocycles. The Kier molecular flexibility index (Phi) is 18.9. The third kappa shape index (κ3) is 13.5. The number of rotatable bonds is 7. The first-order valence-corrected chi connectivity index (χ1v) is 25.6. The van der Waals surface area contributed by atoms with Gasteiger partial charge in [0.05, 0.1) is 4.92 Å². The summed E-state index contributed by atoms with van der Waals surface area (Å²) in [6, 6.07) is 36.2. The maximum atomic E-state index is 12.0. The quantitative estimate of drug-likeness (QED) is 0.0799. The number of carbonyl (C=O) groups excluding carboxylic acids is 4. The van der Waals surface area contributed by atoms with E-state index in [4.69, 9.17) is 5.73 Å². The molecule has 4 unspecified atom stereocenters.